The maximum atomic E-state index is 11.7. The number of ether oxygens (including phenoxy) is 1. The highest BCUT2D eigenvalue weighted by Crippen LogP contribution is 2.11. The Kier molecular flexibility index (Phi) is 5.09. The Labute approximate surface area is 100 Å². The Morgan fingerprint density at radius 2 is 2.24 bits per heavy atom. The summed E-state index contributed by atoms with van der Waals surface area (Å²) in [6.45, 7) is 2.49. The highest BCUT2D eigenvalue weighted by Gasteiger charge is 2.31. The fourth-order valence-electron chi connectivity index (χ4n) is 1.69. The summed E-state index contributed by atoms with van der Waals surface area (Å²) in [6, 6.07) is -0.368. The lowest BCUT2D eigenvalue weighted by Crippen LogP contribution is -2.51. The van der Waals surface area contributed by atoms with Crippen molar-refractivity contribution in [1.29, 1.82) is 0 Å². The monoisotopic (exact) mass is 242 g/mol. The molecule has 0 aliphatic carbocycles. The van der Waals surface area contributed by atoms with Crippen LogP contribution in [0, 0.1) is 0 Å². The molecular weight excluding hydrogens is 224 g/mol. The first-order chi connectivity index (χ1) is 8.06. The molecule has 1 rings (SSSR count). The number of piperidine rings is 1. The predicted octanol–water partition coefficient (Wildman–Crippen LogP) is -0.323. The largest absolute Gasteiger partial charge is 0.466 e. The molecule has 17 heavy (non-hydrogen) atoms. The van der Waals surface area contributed by atoms with Crippen molar-refractivity contribution < 1.29 is 19.1 Å². The van der Waals surface area contributed by atoms with E-state index in [1.165, 1.54) is 7.05 Å². The molecule has 0 saturated carbocycles. The van der Waals surface area contributed by atoms with Crippen LogP contribution in [0.4, 0.5) is 0 Å². The van der Waals surface area contributed by atoms with E-state index in [9.17, 15) is 14.4 Å². The van der Waals surface area contributed by atoms with E-state index in [1.54, 1.807) is 6.92 Å². The van der Waals surface area contributed by atoms with Crippen LogP contribution in [-0.2, 0) is 19.1 Å². The average molecular weight is 242 g/mol. The van der Waals surface area contributed by atoms with Crippen LogP contribution >= 0.6 is 0 Å². The topological polar surface area (TPSA) is 75.7 Å². The fraction of sp³-hybridized carbons (Fsp3) is 0.727. The number of imide groups is 1. The molecule has 1 atom stereocenters. The third kappa shape index (κ3) is 3.81. The maximum absolute atomic E-state index is 11.7. The number of likely N-dealkylation sites (tertiary alicyclic amines) is 1. The van der Waals surface area contributed by atoms with Gasteiger partial charge in [-0.2, -0.15) is 0 Å². The maximum Gasteiger partial charge on any atom is 0.307 e. The zero-order valence-electron chi connectivity index (χ0n) is 10.2. The van der Waals surface area contributed by atoms with E-state index in [2.05, 4.69) is 5.32 Å². The molecule has 0 aromatic carbocycles. The van der Waals surface area contributed by atoms with Gasteiger partial charge in [0, 0.05) is 20.0 Å². The summed E-state index contributed by atoms with van der Waals surface area (Å²) in [5.74, 6) is -0.670. The summed E-state index contributed by atoms with van der Waals surface area (Å²) in [5.41, 5.74) is 0. The van der Waals surface area contributed by atoms with Crippen molar-refractivity contribution in [2.45, 2.75) is 32.2 Å². The molecule has 96 valence electrons. The number of hydrogen-bond acceptors (Lipinski definition) is 5. The third-order valence-electron chi connectivity index (χ3n) is 2.67. The molecule has 1 saturated heterocycles. The molecule has 1 aliphatic rings. The Bertz CT molecular complexity index is 317. The number of nitrogens with one attached hydrogen (secondary N) is 1. The number of likely N-dealkylation sites (N-methyl/N-ethyl adjacent to an activating group) is 1. The molecule has 1 heterocycles. The molecule has 1 N–H and O–H groups in total. The lowest BCUT2D eigenvalue weighted by atomic mass is 10.0. The van der Waals surface area contributed by atoms with Gasteiger partial charge in [-0.1, -0.05) is 0 Å². The van der Waals surface area contributed by atoms with Gasteiger partial charge in [0.1, 0.15) is 0 Å². The fourth-order valence-corrected chi connectivity index (χ4v) is 1.69. The van der Waals surface area contributed by atoms with E-state index in [4.69, 9.17) is 4.74 Å². The smallest absolute Gasteiger partial charge is 0.307 e. The Balaban J connectivity index is 2.30. The van der Waals surface area contributed by atoms with Crippen LogP contribution < -0.4 is 5.32 Å². The molecule has 0 radical (unpaired) electrons. The minimum Gasteiger partial charge on any atom is -0.466 e. The molecule has 0 bridgehead atoms. The van der Waals surface area contributed by atoms with E-state index in [-0.39, 0.29) is 30.2 Å². The minimum atomic E-state index is -0.368. The lowest BCUT2D eigenvalue weighted by molar-refractivity contribution is -0.149. The molecule has 0 aromatic rings. The van der Waals surface area contributed by atoms with E-state index in [0.717, 1.165) is 4.90 Å². The van der Waals surface area contributed by atoms with Crippen molar-refractivity contribution in [2.75, 3.05) is 20.2 Å². The predicted molar refractivity (Wildman–Crippen MR) is 60.1 cm³/mol. The second kappa shape index (κ2) is 6.34. The minimum absolute atomic E-state index is 0.154. The second-order valence-corrected chi connectivity index (χ2v) is 3.89. The van der Waals surface area contributed by atoms with Gasteiger partial charge in [-0.05, 0) is 13.3 Å². The second-order valence-electron chi connectivity index (χ2n) is 3.89. The van der Waals surface area contributed by atoms with Crippen molar-refractivity contribution in [3.05, 3.63) is 0 Å². The third-order valence-corrected chi connectivity index (χ3v) is 2.67. The van der Waals surface area contributed by atoms with Gasteiger partial charge in [0.15, 0.2) is 0 Å². The zero-order chi connectivity index (χ0) is 12.8. The van der Waals surface area contributed by atoms with Gasteiger partial charge in [-0.25, -0.2) is 0 Å². The first kappa shape index (κ1) is 13.6. The van der Waals surface area contributed by atoms with E-state index in [1.807, 2.05) is 0 Å². The highest BCUT2D eigenvalue weighted by molar-refractivity contribution is 6.00. The van der Waals surface area contributed by atoms with Crippen LogP contribution in [0.2, 0.25) is 0 Å². The average Bonchev–Trinajstić information content (AvgIpc) is 2.29. The summed E-state index contributed by atoms with van der Waals surface area (Å²) < 4.78 is 4.77. The van der Waals surface area contributed by atoms with Gasteiger partial charge in [-0.15, -0.1) is 0 Å². The van der Waals surface area contributed by atoms with Gasteiger partial charge < -0.3 is 10.1 Å². The van der Waals surface area contributed by atoms with Gasteiger partial charge in [0.2, 0.25) is 11.8 Å². The zero-order valence-corrected chi connectivity index (χ0v) is 10.2. The molecule has 1 aliphatic heterocycles. The van der Waals surface area contributed by atoms with Crippen molar-refractivity contribution in [2.24, 2.45) is 0 Å². The standard InChI is InChI=1S/C11H18N2O4/c1-3-17-10(15)6-7-12-8-4-5-9(14)13(2)11(8)16/h8,12H,3-7H2,1-2H3. The molecule has 6 heteroatoms. The molecule has 1 fully saturated rings. The number of carbonyl (C=O) groups is 3. The number of hydrogen-bond donors (Lipinski definition) is 1. The van der Waals surface area contributed by atoms with E-state index in [0.29, 0.717) is 26.0 Å². The number of nitrogens with zero attached hydrogens (tertiary/aromatic N) is 1. The summed E-state index contributed by atoms with van der Waals surface area (Å²) in [4.78, 5) is 35.1. The van der Waals surface area contributed by atoms with Crippen LogP contribution in [0.1, 0.15) is 26.2 Å². The molecule has 1 unspecified atom stereocenters. The summed E-state index contributed by atoms with van der Waals surface area (Å²) in [6.07, 6.45) is 1.08. The Morgan fingerprint density at radius 1 is 1.53 bits per heavy atom. The van der Waals surface area contributed by atoms with Gasteiger partial charge in [0.25, 0.3) is 0 Å². The Morgan fingerprint density at radius 3 is 2.88 bits per heavy atom. The van der Waals surface area contributed by atoms with Crippen LogP contribution in [0.15, 0.2) is 0 Å². The summed E-state index contributed by atoms with van der Waals surface area (Å²) in [7, 11) is 1.48. The van der Waals surface area contributed by atoms with Gasteiger partial charge in [-0.3, -0.25) is 19.3 Å². The van der Waals surface area contributed by atoms with Crippen LogP contribution in [0.25, 0.3) is 0 Å². The van der Waals surface area contributed by atoms with Gasteiger partial charge in [0.05, 0.1) is 19.1 Å². The van der Waals surface area contributed by atoms with Crippen LogP contribution in [0.5, 0.6) is 0 Å². The number of esters is 1. The van der Waals surface area contributed by atoms with E-state index >= 15 is 0 Å². The summed E-state index contributed by atoms with van der Waals surface area (Å²) >= 11 is 0. The summed E-state index contributed by atoms with van der Waals surface area (Å²) in [5, 5.41) is 2.97. The lowest BCUT2D eigenvalue weighted by Gasteiger charge is -2.28. The van der Waals surface area contributed by atoms with Crippen molar-refractivity contribution in [3.63, 3.8) is 0 Å². The number of carbonyl (C=O) groups excluding carboxylic acids is 3. The van der Waals surface area contributed by atoms with E-state index < -0.39 is 0 Å². The van der Waals surface area contributed by atoms with Crippen molar-refractivity contribution >= 4 is 17.8 Å². The highest BCUT2D eigenvalue weighted by atomic mass is 16.5. The molecule has 0 spiro atoms. The van der Waals surface area contributed by atoms with Crippen LogP contribution in [0.3, 0.4) is 0 Å². The van der Waals surface area contributed by atoms with Crippen molar-refractivity contribution in [3.8, 4) is 0 Å². The number of amides is 2. The first-order valence-corrected chi connectivity index (χ1v) is 5.75. The van der Waals surface area contributed by atoms with Crippen molar-refractivity contribution in [1.82, 2.24) is 10.2 Å². The molecule has 0 aromatic heterocycles. The first-order valence-electron chi connectivity index (χ1n) is 5.75. The van der Waals surface area contributed by atoms with Crippen LogP contribution in [-0.4, -0.2) is 48.9 Å². The molecular formula is C11H18N2O4. The number of rotatable bonds is 5. The molecule has 2 amide bonds. The molecule has 6 nitrogen and oxygen atoms in total. The van der Waals surface area contributed by atoms with Gasteiger partial charge >= 0.3 is 5.97 Å². The SMILES string of the molecule is CCOC(=O)CCNC1CCC(=O)N(C)C1=O. The quantitative estimate of drug-likeness (QED) is 0.528. The Hall–Kier alpha value is -1.43. The normalized spacial score (nSPS) is 20.6.